The van der Waals surface area contributed by atoms with Gasteiger partial charge in [0.2, 0.25) is 0 Å². The van der Waals surface area contributed by atoms with E-state index in [-0.39, 0.29) is 12.5 Å². The van der Waals surface area contributed by atoms with Crippen molar-refractivity contribution in [2.45, 2.75) is 18.9 Å². The van der Waals surface area contributed by atoms with Crippen molar-refractivity contribution in [2.24, 2.45) is 12.8 Å². The smallest absolute Gasteiger partial charge is 0.303 e. The Kier molecular flexibility index (Phi) is 3.02. The number of aromatic nitrogens is 2. The molecule has 0 aliphatic rings. The van der Waals surface area contributed by atoms with Crippen LogP contribution in [-0.2, 0) is 11.8 Å². The molecule has 0 bridgehead atoms. The molecule has 5 nitrogen and oxygen atoms in total. The van der Waals surface area contributed by atoms with Gasteiger partial charge in [-0.05, 0) is 12.5 Å². The van der Waals surface area contributed by atoms with Gasteiger partial charge in [0.25, 0.3) is 0 Å². The summed E-state index contributed by atoms with van der Waals surface area (Å²) in [6, 6.07) is 1.52. The SMILES string of the molecule is Cn1ccc(C(N)CCC(=O)O)n1. The molecule has 0 radical (unpaired) electrons. The number of aliphatic carboxylic acids is 1. The predicted molar refractivity (Wildman–Crippen MR) is 47.0 cm³/mol. The van der Waals surface area contributed by atoms with Crippen LogP contribution in [0.2, 0.25) is 0 Å². The zero-order valence-electron chi connectivity index (χ0n) is 7.47. The fraction of sp³-hybridized carbons (Fsp3) is 0.500. The number of rotatable bonds is 4. The van der Waals surface area contributed by atoms with Crippen LogP contribution in [0.4, 0.5) is 0 Å². The molecule has 1 aromatic heterocycles. The first-order valence-electron chi connectivity index (χ1n) is 4.06. The summed E-state index contributed by atoms with van der Waals surface area (Å²) < 4.78 is 1.65. The summed E-state index contributed by atoms with van der Waals surface area (Å²) in [6.45, 7) is 0. The standard InChI is InChI=1S/C8H13N3O2/c1-11-5-4-7(10-11)6(9)2-3-8(12)13/h4-6H,2-3,9H2,1H3,(H,12,13). The number of carboxylic acids is 1. The van der Waals surface area contributed by atoms with Gasteiger partial charge < -0.3 is 10.8 Å². The molecule has 0 aromatic carbocycles. The molecule has 0 saturated heterocycles. The number of aryl methyl sites for hydroxylation is 1. The highest BCUT2D eigenvalue weighted by molar-refractivity contribution is 5.66. The van der Waals surface area contributed by atoms with Gasteiger partial charge in [0, 0.05) is 25.7 Å². The van der Waals surface area contributed by atoms with Gasteiger partial charge in [-0.1, -0.05) is 0 Å². The molecule has 0 spiro atoms. The van der Waals surface area contributed by atoms with Crippen molar-refractivity contribution in [1.82, 2.24) is 9.78 Å². The highest BCUT2D eigenvalue weighted by Gasteiger charge is 2.10. The van der Waals surface area contributed by atoms with Gasteiger partial charge in [0.15, 0.2) is 0 Å². The Balaban J connectivity index is 2.48. The van der Waals surface area contributed by atoms with Crippen molar-refractivity contribution in [2.75, 3.05) is 0 Å². The van der Waals surface area contributed by atoms with E-state index in [9.17, 15) is 4.79 Å². The first kappa shape index (κ1) is 9.73. The molecule has 13 heavy (non-hydrogen) atoms. The quantitative estimate of drug-likeness (QED) is 0.702. The highest BCUT2D eigenvalue weighted by Crippen LogP contribution is 2.12. The first-order valence-corrected chi connectivity index (χ1v) is 4.06. The molecule has 0 amide bonds. The van der Waals surface area contributed by atoms with Gasteiger partial charge >= 0.3 is 5.97 Å². The number of hydrogen-bond donors (Lipinski definition) is 2. The molecule has 0 saturated carbocycles. The lowest BCUT2D eigenvalue weighted by Gasteiger charge is -2.05. The number of hydrogen-bond acceptors (Lipinski definition) is 3. The Morgan fingerprint density at radius 3 is 3.00 bits per heavy atom. The zero-order chi connectivity index (χ0) is 9.84. The predicted octanol–water partition coefficient (Wildman–Crippen LogP) is 0.285. The zero-order valence-corrected chi connectivity index (χ0v) is 7.47. The van der Waals surface area contributed by atoms with Crippen LogP contribution >= 0.6 is 0 Å². The molecular weight excluding hydrogens is 170 g/mol. The Bertz CT molecular complexity index is 295. The van der Waals surface area contributed by atoms with Crippen molar-refractivity contribution < 1.29 is 9.90 Å². The maximum absolute atomic E-state index is 10.3. The van der Waals surface area contributed by atoms with Crippen LogP contribution in [0.3, 0.4) is 0 Å². The first-order chi connectivity index (χ1) is 6.09. The number of nitrogens with two attached hydrogens (primary N) is 1. The third-order valence-electron chi connectivity index (χ3n) is 1.78. The molecule has 1 unspecified atom stereocenters. The monoisotopic (exact) mass is 183 g/mol. The van der Waals surface area contributed by atoms with E-state index in [1.54, 1.807) is 24.0 Å². The largest absolute Gasteiger partial charge is 0.481 e. The van der Waals surface area contributed by atoms with Crippen LogP contribution in [0.25, 0.3) is 0 Å². The summed E-state index contributed by atoms with van der Waals surface area (Å²) in [5.74, 6) is -0.827. The van der Waals surface area contributed by atoms with Gasteiger partial charge in [0.05, 0.1) is 5.69 Å². The summed E-state index contributed by atoms with van der Waals surface area (Å²) in [5, 5.41) is 12.5. The molecule has 1 heterocycles. The van der Waals surface area contributed by atoms with E-state index < -0.39 is 5.97 Å². The molecule has 72 valence electrons. The van der Waals surface area contributed by atoms with Crippen molar-refractivity contribution in [3.05, 3.63) is 18.0 Å². The normalized spacial score (nSPS) is 12.8. The second-order valence-corrected chi connectivity index (χ2v) is 2.95. The third kappa shape index (κ3) is 2.87. The Labute approximate surface area is 76.2 Å². The summed E-state index contributed by atoms with van der Waals surface area (Å²) in [7, 11) is 1.80. The maximum Gasteiger partial charge on any atom is 0.303 e. The molecule has 1 rings (SSSR count). The molecule has 0 fully saturated rings. The lowest BCUT2D eigenvalue weighted by atomic mass is 10.1. The Hall–Kier alpha value is -1.36. The molecule has 1 aromatic rings. The number of carboxylic acid groups (broad SMARTS) is 1. The summed E-state index contributed by atoms with van der Waals surface area (Å²) in [4.78, 5) is 10.3. The summed E-state index contributed by atoms with van der Waals surface area (Å²) in [5.41, 5.74) is 6.46. The second kappa shape index (κ2) is 4.04. The topological polar surface area (TPSA) is 81.1 Å². The minimum atomic E-state index is -0.827. The van der Waals surface area contributed by atoms with E-state index in [2.05, 4.69) is 5.10 Å². The van der Waals surface area contributed by atoms with E-state index in [0.717, 1.165) is 5.69 Å². The van der Waals surface area contributed by atoms with E-state index in [1.165, 1.54) is 0 Å². The number of carbonyl (C=O) groups is 1. The fourth-order valence-corrected chi connectivity index (χ4v) is 1.06. The lowest BCUT2D eigenvalue weighted by Crippen LogP contribution is -2.13. The molecular formula is C8H13N3O2. The fourth-order valence-electron chi connectivity index (χ4n) is 1.06. The van der Waals surface area contributed by atoms with E-state index >= 15 is 0 Å². The second-order valence-electron chi connectivity index (χ2n) is 2.95. The van der Waals surface area contributed by atoms with Gasteiger partial charge in [-0.15, -0.1) is 0 Å². The Morgan fingerprint density at radius 1 is 1.85 bits per heavy atom. The molecule has 1 atom stereocenters. The van der Waals surface area contributed by atoms with Gasteiger partial charge in [-0.3, -0.25) is 9.48 Å². The van der Waals surface area contributed by atoms with Crippen LogP contribution in [-0.4, -0.2) is 20.9 Å². The van der Waals surface area contributed by atoms with E-state index in [0.29, 0.717) is 6.42 Å². The van der Waals surface area contributed by atoms with Crippen LogP contribution in [0.1, 0.15) is 24.6 Å². The van der Waals surface area contributed by atoms with E-state index in [4.69, 9.17) is 10.8 Å². The van der Waals surface area contributed by atoms with Gasteiger partial charge in [0.1, 0.15) is 0 Å². The van der Waals surface area contributed by atoms with Crippen molar-refractivity contribution >= 4 is 5.97 Å². The minimum absolute atomic E-state index is 0.0811. The average molecular weight is 183 g/mol. The van der Waals surface area contributed by atoms with Crippen LogP contribution in [0.15, 0.2) is 12.3 Å². The van der Waals surface area contributed by atoms with Crippen LogP contribution in [0, 0.1) is 0 Å². The van der Waals surface area contributed by atoms with E-state index in [1.807, 2.05) is 0 Å². The lowest BCUT2D eigenvalue weighted by molar-refractivity contribution is -0.137. The summed E-state index contributed by atoms with van der Waals surface area (Å²) >= 11 is 0. The molecule has 3 N–H and O–H groups in total. The van der Waals surface area contributed by atoms with Crippen LogP contribution < -0.4 is 5.73 Å². The molecule has 0 aliphatic heterocycles. The molecule has 0 aliphatic carbocycles. The average Bonchev–Trinajstić information content (AvgIpc) is 2.47. The number of nitrogens with zero attached hydrogens (tertiary/aromatic N) is 2. The minimum Gasteiger partial charge on any atom is -0.481 e. The van der Waals surface area contributed by atoms with Crippen molar-refractivity contribution in [3.8, 4) is 0 Å². The molecule has 5 heteroatoms. The van der Waals surface area contributed by atoms with Crippen molar-refractivity contribution in [3.63, 3.8) is 0 Å². The van der Waals surface area contributed by atoms with Crippen LogP contribution in [0.5, 0.6) is 0 Å². The third-order valence-corrected chi connectivity index (χ3v) is 1.78. The summed E-state index contributed by atoms with van der Waals surface area (Å²) in [6.07, 6.45) is 2.29. The van der Waals surface area contributed by atoms with Crippen molar-refractivity contribution in [1.29, 1.82) is 0 Å². The van der Waals surface area contributed by atoms with Gasteiger partial charge in [-0.25, -0.2) is 0 Å². The maximum atomic E-state index is 10.3. The Morgan fingerprint density at radius 2 is 2.54 bits per heavy atom. The van der Waals surface area contributed by atoms with Gasteiger partial charge in [-0.2, -0.15) is 5.10 Å². The highest BCUT2D eigenvalue weighted by atomic mass is 16.4.